The second-order valence-electron chi connectivity index (χ2n) is 6.47. The highest BCUT2D eigenvalue weighted by molar-refractivity contribution is 5.96. The van der Waals surface area contributed by atoms with E-state index in [1.807, 2.05) is 6.07 Å². The van der Waals surface area contributed by atoms with Crippen LogP contribution in [0.5, 0.6) is 5.75 Å². The number of nitrogens with one attached hydrogen (secondary N) is 2. The highest BCUT2D eigenvalue weighted by atomic mass is 19.1. The molecule has 4 rings (SSSR count). The van der Waals surface area contributed by atoms with Crippen molar-refractivity contribution >= 4 is 5.91 Å². The second-order valence-corrected chi connectivity index (χ2v) is 6.47. The fraction of sp³-hybridized carbons (Fsp3) is 0.316. The van der Waals surface area contributed by atoms with Gasteiger partial charge in [0.2, 0.25) is 0 Å². The summed E-state index contributed by atoms with van der Waals surface area (Å²) in [5.41, 5.74) is 1.44. The van der Waals surface area contributed by atoms with Crippen molar-refractivity contribution < 1.29 is 18.3 Å². The largest absolute Gasteiger partial charge is 0.489 e. The molecule has 0 spiro atoms. The van der Waals surface area contributed by atoms with Gasteiger partial charge in [0.25, 0.3) is 5.91 Å². The Labute approximate surface area is 144 Å². The molecule has 130 valence electrons. The van der Waals surface area contributed by atoms with Crippen molar-refractivity contribution in [3.05, 3.63) is 64.7 Å². The zero-order valence-electron chi connectivity index (χ0n) is 13.5. The van der Waals surface area contributed by atoms with Crippen molar-refractivity contribution in [1.29, 1.82) is 0 Å². The number of fused-ring (bicyclic) bond motifs is 3. The van der Waals surface area contributed by atoms with Crippen molar-refractivity contribution in [2.24, 2.45) is 5.92 Å². The number of amides is 1. The monoisotopic (exact) mass is 344 g/mol. The van der Waals surface area contributed by atoms with Crippen LogP contribution in [0.25, 0.3) is 0 Å². The molecule has 1 unspecified atom stereocenters. The molecule has 6 heteroatoms. The number of hydrogen-bond donors (Lipinski definition) is 2. The normalized spacial score (nSPS) is 21.9. The van der Waals surface area contributed by atoms with Crippen LogP contribution in [-0.2, 0) is 6.61 Å². The van der Waals surface area contributed by atoms with E-state index in [9.17, 15) is 13.6 Å². The highest BCUT2D eigenvalue weighted by Gasteiger charge is 2.34. The predicted octanol–water partition coefficient (Wildman–Crippen LogP) is 2.59. The molecule has 2 aliphatic rings. The zero-order valence-corrected chi connectivity index (χ0v) is 13.5. The van der Waals surface area contributed by atoms with E-state index in [-0.39, 0.29) is 24.0 Å². The minimum atomic E-state index is -0.646. The van der Waals surface area contributed by atoms with Gasteiger partial charge in [-0.15, -0.1) is 0 Å². The highest BCUT2D eigenvalue weighted by Crippen LogP contribution is 2.34. The molecule has 1 amide bonds. The molecule has 2 atom stereocenters. The van der Waals surface area contributed by atoms with E-state index in [4.69, 9.17) is 4.74 Å². The number of benzene rings is 2. The van der Waals surface area contributed by atoms with E-state index in [2.05, 4.69) is 10.6 Å². The minimum absolute atomic E-state index is 0.123. The Morgan fingerprint density at radius 1 is 1.08 bits per heavy atom. The summed E-state index contributed by atoms with van der Waals surface area (Å²) < 4.78 is 32.9. The Bertz CT molecular complexity index is 805. The lowest BCUT2D eigenvalue weighted by Gasteiger charge is -2.17. The minimum Gasteiger partial charge on any atom is -0.489 e. The Morgan fingerprint density at radius 3 is 2.68 bits per heavy atom. The first-order valence-electron chi connectivity index (χ1n) is 8.32. The number of rotatable bonds is 3. The molecule has 0 aromatic heterocycles. The first kappa shape index (κ1) is 16.0. The van der Waals surface area contributed by atoms with Crippen LogP contribution in [-0.4, -0.2) is 25.5 Å². The summed E-state index contributed by atoms with van der Waals surface area (Å²) in [6.07, 6.45) is 0. The maximum absolute atomic E-state index is 13.7. The molecule has 0 bridgehead atoms. The van der Waals surface area contributed by atoms with Crippen LogP contribution >= 0.6 is 0 Å². The van der Waals surface area contributed by atoms with E-state index < -0.39 is 11.6 Å². The van der Waals surface area contributed by atoms with Gasteiger partial charge in [-0.05, 0) is 35.7 Å². The summed E-state index contributed by atoms with van der Waals surface area (Å²) >= 11 is 0. The van der Waals surface area contributed by atoms with Gasteiger partial charge < -0.3 is 15.4 Å². The lowest BCUT2D eigenvalue weighted by Crippen LogP contribution is -2.28. The summed E-state index contributed by atoms with van der Waals surface area (Å²) in [6, 6.07) is 9.00. The van der Waals surface area contributed by atoms with Crippen molar-refractivity contribution in [2.75, 3.05) is 19.6 Å². The van der Waals surface area contributed by atoms with Gasteiger partial charge in [0, 0.05) is 31.1 Å². The standard InChI is InChI=1S/C19H18F2N2O2/c20-17-2-1-3-18(21)16(17)10-25-12-4-5-13-14(6-12)19(24)23-8-11-7-22-9-15(11)13/h1-6,11,15,22H,7-10H2,(H,23,24)/t11-,15?/m0/s1. The summed E-state index contributed by atoms with van der Waals surface area (Å²) in [5, 5.41) is 6.29. The van der Waals surface area contributed by atoms with Crippen molar-refractivity contribution in [2.45, 2.75) is 12.5 Å². The van der Waals surface area contributed by atoms with Gasteiger partial charge in [0.05, 0.1) is 5.56 Å². The van der Waals surface area contributed by atoms with Crippen LogP contribution in [0.2, 0.25) is 0 Å². The molecular formula is C19H18F2N2O2. The SMILES string of the molecule is O=C1NC[C@@H]2CNCC2c2ccc(OCc3c(F)cccc3F)cc21. The maximum atomic E-state index is 13.7. The fourth-order valence-corrected chi connectivity index (χ4v) is 3.60. The summed E-state index contributed by atoms with van der Waals surface area (Å²) in [4.78, 5) is 12.4. The Kier molecular flexibility index (Phi) is 4.13. The molecule has 25 heavy (non-hydrogen) atoms. The quantitative estimate of drug-likeness (QED) is 0.900. The van der Waals surface area contributed by atoms with Gasteiger partial charge in [0.15, 0.2) is 0 Å². The van der Waals surface area contributed by atoms with E-state index in [1.165, 1.54) is 18.2 Å². The average Bonchev–Trinajstić information content (AvgIpc) is 3.03. The van der Waals surface area contributed by atoms with E-state index >= 15 is 0 Å². The average molecular weight is 344 g/mol. The first-order chi connectivity index (χ1) is 12.1. The lowest BCUT2D eigenvalue weighted by molar-refractivity contribution is 0.0952. The molecule has 2 aliphatic heterocycles. The second kappa shape index (κ2) is 6.44. The number of ether oxygens (including phenoxy) is 1. The number of carbonyl (C=O) groups excluding carboxylic acids is 1. The van der Waals surface area contributed by atoms with E-state index in [0.29, 0.717) is 23.8 Å². The fourth-order valence-electron chi connectivity index (χ4n) is 3.60. The van der Waals surface area contributed by atoms with Gasteiger partial charge in [-0.1, -0.05) is 12.1 Å². The molecule has 1 saturated heterocycles. The molecule has 2 N–H and O–H groups in total. The summed E-state index contributed by atoms with van der Waals surface area (Å²) in [6.45, 7) is 2.14. The van der Waals surface area contributed by atoms with Crippen LogP contribution < -0.4 is 15.4 Å². The molecule has 2 aromatic carbocycles. The Hall–Kier alpha value is -2.47. The molecule has 0 radical (unpaired) electrons. The molecule has 2 heterocycles. The van der Waals surface area contributed by atoms with Gasteiger partial charge >= 0.3 is 0 Å². The molecule has 1 fully saturated rings. The Morgan fingerprint density at radius 2 is 1.88 bits per heavy atom. The molecular weight excluding hydrogens is 326 g/mol. The smallest absolute Gasteiger partial charge is 0.251 e. The van der Waals surface area contributed by atoms with E-state index in [0.717, 1.165) is 18.7 Å². The van der Waals surface area contributed by atoms with Gasteiger partial charge in [-0.25, -0.2) is 8.78 Å². The molecule has 0 saturated carbocycles. The molecule has 0 aliphatic carbocycles. The van der Waals surface area contributed by atoms with E-state index in [1.54, 1.807) is 12.1 Å². The van der Waals surface area contributed by atoms with Crippen LogP contribution in [0, 0.1) is 17.6 Å². The van der Waals surface area contributed by atoms with Crippen molar-refractivity contribution in [1.82, 2.24) is 10.6 Å². The van der Waals surface area contributed by atoms with Crippen molar-refractivity contribution in [3.63, 3.8) is 0 Å². The number of halogens is 2. The number of carbonyl (C=O) groups is 1. The van der Waals surface area contributed by atoms with Crippen LogP contribution in [0.4, 0.5) is 8.78 Å². The van der Waals surface area contributed by atoms with Crippen LogP contribution in [0.3, 0.4) is 0 Å². The maximum Gasteiger partial charge on any atom is 0.251 e. The third-order valence-electron chi connectivity index (χ3n) is 4.98. The molecule has 4 nitrogen and oxygen atoms in total. The molecule has 2 aromatic rings. The third-order valence-corrected chi connectivity index (χ3v) is 4.98. The van der Waals surface area contributed by atoms with Crippen LogP contribution in [0.15, 0.2) is 36.4 Å². The lowest BCUT2D eigenvalue weighted by atomic mass is 9.87. The Balaban J connectivity index is 1.59. The van der Waals surface area contributed by atoms with Gasteiger partial charge in [0.1, 0.15) is 24.0 Å². The summed E-state index contributed by atoms with van der Waals surface area (Å²) in [5.74, 6) is -0.343. The zero-order chi connectivity index (χ0) is 17.4. The first-order valence-corrected chi connectivity index (χ1v) is 8.32. The topological polar surface area (TPSA) is 50.4 Å². The van der Waals surface area contributed by atoms with Gasteiger partial charge in [-0.3, -0.25) is 4.79 Å². The third kappa shape index (κ3) is 2.98. The predicted molar refractivity (Wildman–Crippen MR) is 88.6 cm³/mol. The number of hydrogen-bond acceptors (Lipinski definition) is 3. The summed E-state index contributed by atoms with van der Waals surface area (Å²) in [7, 11) is 0. The van der Waals surface area contributed by atoms with Gasteiger partial charge in [-0.2, -0.15) is 0 Å². The van der Waals surface area contributed by atoms with Crippen molar-refractivity contribution in [3.8, 4) is 5.75 Å². The van der Waals surface area contributed by atoms with Crippen LogP contribution in [0.1, 0.15) is 27.4 Å².